The number of piperidine rings is 1. The lowest BCUT2D eigenvalue weighted by Crippen LogP contribution is -2.48. The minimum atomic E-state index is 0.0661. The first kappa shape index (κ1) is 14.1. The third kappa shape index (κ3) is 3.35. The van der Waals surface area contributed by atoms with Crippen LogP contribution in [0, 0.1) is 20.8 Å². The maximum absolute atomic E-state index is 12.4. The van der Waals surface area contributed by atoms with Gasteiger partial charge < -0.3 is 10.6 Å². The van der Waals surface area contributed by atoms with Crippen molar-refractivity contribution in [2.75, 3.05) is 6.54 Å². The Morgan fingerprint density at radius 3 is 2.37 bits per heavy atom. The molecule has 0 saturated carbocycles. The first-order chi connectivity index (χ1) is 8.97. The van der Waals surface area contributed by atoms with Gasteiger partial charge in [0.05, 0.1) is 0 Å². The fourth-order valence-corrected chi connectivity index (χ4v) is 2.92. The lowest BCUT2D eigenvalue weighted by Gasteiger charge is -2.28. The number of benzene rings is 1. The summed E-state index contributed by atoms with van der Waals surface area (Å²) in [6.07, 6.45) is 2.18. The molecule has 104 valence electrons. The van der Waals surface area contributed by atoms with Crippen LogP contribution < -0.4 is 10.6 Å². The molecule has 2 rings (SSSR count). The highest BCUT2D eigenvalue weighted by Crippen LogP contribution is 2.17. The normalized spacial score (nSPS) is 23.2. The predicted octanol–water partition coefficient (Wildman–Crippen LogP) is 2.48. The van der Waals surface area contributed by atoms with Gasteiger partial charge in [0.1, 0.15) is 0 Å². The number of hydrogen-bond donors (Lipinski definition) is 2. The topological polar surface area (TPSA) is 41.1 Å². The standard InChI is InChI=1S/C16H24N2O/c1-10-7-11(2)15(12(3)8-10)16(19)18-14-6-5-13(4)17-9-14/h7-8,13-14,17H,5-6,9H2,1-4H3,(H,18,19). The van der Waals surface area contributed by atoms with E-state index in [2.05, 4.69) is 36.6 Å². The fraction of sp³-hybridized carbons (Fsp3) is 0.562. The SMILES string of the molecule is Cc1cc(C)c(C(=O)NC2CCC(C)NC2)c(C)c1. The van der Waals surface area contributed by atoms with Crippen molar-refractivity contribution in [2.45, 2.75) is 52.6 Å². The summed E-state index contributed by atoms with van der Waals surface area (Å²) >= 11 is 0. The van der Waals surface area contributed by atoms with Crippen LogP contribution in [0.25, 0.3) is 0 Å². The Balaban J connectivity index is 2.08. The van der Waals surface area contributed by atoms with E-state index in [-0.39, 0.29) is 11.9 Å². The van der Waals surface area contributed by atoms with Crippen molar-refractivity contribution in [1.82, 2.24) is 10.6 Å². The van der Waals surface area contributed by atoms with Gasteiger partial charge in [-0.15, -0.1) is 0 Å². The Kier molecular flexibility index (Phi) is 4.25. The largest absolute Gasteiger partial charge is 0.348 e. The molecule has 0 aromatic heterocycles. The van der Waals surface area contributed by atoms with Crippen molar-refractivity contribution in [3.8, 4) is 0 Å². The van der Waals surface area contributed by atoms with E-state index in [9.17, 15) is 4.79 Å². The van der Waals surface area contributed by atoms with Crippen LogP contribution in [0.2, 0.25) is 0 Å². The number of nitrogens with one attached hydrogen (secondary N) is 2. The minimum absolute atomic E-state index is 0.0661. The van der Waals surface area contributed by atoms with E-state index in [1.54, 1.807) is 0 Å². The summed E-state index contributed by atoms with van der Waals surface area (Å²) in [6, 6.07) is 4.96. The second kappa shape index (κ2) is 5.74. The van der Waals surface area contributed by atoms with Crippen molar-refractivity contribution in [1.29, 1.82) is 0 Å². The average Bonchev–Trinajstić information content (AvgIpc) is 2.30. The number of carbonyl (C=O) groups excluding carboxylic acids is 1. The predicted molar refractivity (Wildman–Crippen MR) is 78.6 cm³/mol. The van der Waals surface area contributed by atoms with Gasteiger partial charge in [0.2, 0.25) is 0 Å². The molecule has 1 aliphatic rings. The van der Waals surface area contributed by atoms with Crippen LogP contribution in [0.15, 0.2) is 12.1 Å². The Hall–Kier alpha value is -1.35. The lowest BCUT2D eigenvalue weighted by atomic mass is 9.97. The number of hydrogen-bond acceptors (Lipinski definition) is 2. The maximum Gasteiger partial charge on any atom is 0.252 e. The zero-order valence-electron chi connectivity index (χ0n) is 12.3. The molecular weight excluding hydrogens is 236 g/mol. The number of carbonyl (C=O) groups is 1. The molecule has 1 saturated heterocycles. The molecule has 1 aromatic rings. The smallest absolute Gasteiger partial charge is 0.252 e. The summed E-state index contributed by atoms with van der Waals surface area (Å²) in [5, 5.41) is 6.57. The van der Waals surface area contributed by atoms with Crippen LogP contribution >= 0.6 is 0 Å². The number of amides is 1. The highest BCUT2D eigenvalue weighted by Gasteiger charge is 2.21. The second-order valence-electron chi connectivity index (χ2n) is 5.83. The Morgan fingerprint density at radius 1 is 1.21 bits per heavy atom. The zero-order valence-corrected chi connectivity index (χ0v) is 12.3. The van der Waals surface area contributed by atoms with Crippen LogP contribution in [0.4, 0.5) is 0 Å². The molecule has 2 N–H and O–H groups in total. The van der Waals surface area contributed by atoms with Gasteiger partial charge in [-0.25, -0.2) is 0 Å². The quantitative estimate of drug-likeness (QED) is 0.857. The molecular formula is C16H24N2O. The summed E-state index contributed by atoms with van der Waals surface area (Å²) in [4.78, 5) is 12.4. The van der Waals surface area contributed by atoms with Gasteiger partial charge in [0.25, 0.3) is 5.91 Å². The molecule has 1 amide bonds. The van der Waals surface area contributed by atoms with Gasteiger partial charge in [-0.05, 0) is 51.7 Å². The number of rotatable bonds is 2. The monoisotopic (exact) mass is 260 g/mol. The first-order valence-electron chi connectivity index (χ1n) is 7.09. The van der Waals surface area contributed by atoms with E-state index in [4.69, 9.17) is 0 Å². The van der Waals surface area contributed by atoms with E-state index in [1.165, 1.54) is 5.56 Å². The molecule has 3 heteroatoms. The van der Waals surface area contributed by atoms with Crippen LogP contribution in [0.3, 0.4) is 0 Å². The van der Waals surface area contributed by atoms with Crippen LogP contribution in [0.1, 0.15) is 46.8 Å². The van der Waals surface area contributed by atoms with Gasteiger partial charge in [0.15, 0.2) is 0 Å². The van der Waals surface area contributed by atoms with E-state index in [0.717, 1.165) is 36.1 Å². The van der Waals surface area contributed by atoms with Gasteiger partial charge in [0, 0.05) is 24.2 Å². The molecule has 1 aromatic carbocycles. The summed E-state index contributed by atoms with van der Waals surface area (Å²) in [5.41, 5.74) is 4.17. The molecule has 3 nitrogen and oxygen atoms in total. The van der Waals surface area contributed by atoms with Crippen LogP contribution in [-0.2, 0) is 0 Å². The zero-order chi connectivity index (χ0) is 14.0. The Bertz CT molecular complexity index is 451. The number of aryl methyl sites for hydroxylation is 3. The minimum Gasteiger partial charge on any atom is -0.348 e. The van der Waals surface area contributed by atoms with Crippen molar-refractivity contribution >= 4 is 5.91 Å². The van der Waals surface area contributed by atoms with Gasteiger partial charge in [-0.1, -0.05) is 17.7 Å². The summed E-state index contributed by atoms with van der Waals surface area (Å²) in [7, 11) is 0. The molecule has 1 aliphatic heterocycles. The van der Waals surface area contributed by atoms with E-state index in [1.807, 2.05) is 13.8 Å². The third-order valence-corrected chi connectivity index (χ3v) is 3.90. The van der Waals surface area contributed by atoms with Crippen molar-refractivity contribution in [2.24, 2.45) is 0 Å². The van der Waals surface area contributed by atoms with Crippen molar-refractivity contribution < 1.29 is 4.79 Å². The summed E-state index contributed by atoms with van der Waals surface area (Å²) < 4.78 is 0. The van der Waals surface area contributed by atoms with Gasteiger partial charge in [-0.3, -0.25) is 4.79 Å². The molecule has 1 heterocycles. The molecule has 0 bridgehead atoms. The van der Waals surface area contributed by atoms with Crippen molar-refractivity contribution in [3.05, 3.63) is 34.4 Å². The Labute approximate surface area is 115 Å². The summed E-state index contributed by atoms with van der Waals surface area (Å²) in [5.74, 6) is 0.0661. The highest BCUT2D eigenvalue weighted by molar-refractivity contribution is 5.97. The average molecular weight is 260 g/mol. The third-order valence-electron chi connectivity index (χ3n) is 3.90. The highest BCUT2D eigenvalue weighted by atomic mass is 16.1. The van der Waals surface area contributed by atoms with Gasteiger partial charge >= 0.3 is 0 Å². The molecule has 0 radical (unpaired) electrons. The maximum atomic E-state index is 12.4. The lowest BCUT2D eigenvalue weighted by molar-refractivity contribution is 0.0926. The van der Waals surface area contributed by atoms with E-state index < -0.39 is 0 Å². The van der Waals surface area contributed by atoms with Crippen molar-refractivity contribution in [3.63, 3.8) is 0 Å². The molecule has 0 spiro atoms. The Morgan fingerprint density at radius 2 is 1.84 bits per heavy atom. The molecule has 19 heavy (non-hydrogen) atoms. The van der Waals surface area contributed by atoms with Crippen LogP contribution in [-0.4, -0.2) is 24.5 Å². The molecule has 0 aliphatic carbocycles. The van der Waals surface area contributed by atoms with Gasteiger partial charge in [-0.2, -0.15) is 0 Å². The van der Waals surface area contributed by atoms with E-state index >= 15 is 0 Å². The summed E-state index contributed by atoms with van der Waals surface area (Å²) in [6.45, 7) is 9.14. The van der Waals surface area contributed by atoms with E-state index in [0.29, 0.717) is 6.04 Å². The second-order valence-corrected chi connectivity index (χ2v) is 5.83. The molecule has 2 atom stereocenters. The molecule has 2 unspecified atom stereocenters. The van der Waals surface area contributed by atoms with Crippen LogP contribution in [0.5, 0.6) is 0 Å². The fourth-order valence-electron chi connectivity index (χ4n) is 2.92. The first-order valence-corrected chi connectivity index (χ1v) is 7.09. The molecule has 1 fully saturated rings.